The number of aromatic nitrogens is 2. The Kier molecular flexibility index (Phi) is 8.94. The zero-order chi connectivity index (χ0) is 29.7. The summed E-state index contributed by atoms with van der Waals surface area (Å²) in [5, 5.41) is 23.5. The maximum Gasteiger partial charge on any atom is 0.270 e. The lowest BCUT2D eigenvalue weighted by molar-refractivity contribution is 0.0880. The van der Waals surface area contributed by atoms with Crippen LogP contribution in [0.1, 0.15) is 87.9 Å². The summed E-state index contributed by atoms with van der Waals surface area (Å²) in [4.78, 5) is 47.2. The van der Waals surface area contributed by atoms with Crippen LogP contribution in [0.15, 0.2) is 61.1 Å². The number of ketones is 1. The number of piperidine rings is 1. The Morgan fingerprint density at radius 3 is 2.43 bits per heavy atom. The van der Waals surface area contributed by atoms with Gasteiger partial charge in [-0.3, -0.25) is 14.4 Å². The highest BCUT2D eigenvalue weighted by atomic mass is 16.3. The van der Waals surface area contributed by atoms with Gasteiger partial charge in [0.15, 0.2) is 5.78 Å². The third-order valence-corrected chi connectivity index (χ3v) is 8.30. The van der Waals surface area contributed by atoms with Crippen molar-refractivity contribution in [1.29, 1.82) is 0 Å². The van der Waals surface area contributed by atoms with Gasteiger partial charge in [-0.25, -0.2) is 9.97 Å². The third kappa shape index (κ3) is 6.66. The summed E-state index contributed by atoms with van der Waals surface area (Å²) in [5.41, 5.74) is 2.27. The molecule has 42 heavy (non-hydrogen) atoms. The number of amides is 2. The second-order valence-electron chi connectivity index (χ2n) is 11.8. The van der Waals surface area contributed by atoms with Crippen LogP contribution >= 0.6 is 0 Å². The summed E-state index contributed by atoms with van der Waals surface area (Å²) in [6.07, 6.45) is 6.53. The number of nitrogens with zero attached hydrogens (tertiary/aromatic N) is 2. The number of aromatic hydroxyl groups is 1. The molecule has 2 aliphatic rings. The molecule has 2 aliphatic heterocycles. The standard InChI is InChI=1S/C32H38N6O4/c1-32(2)13-4-15-35-29(32)22-10-11-27(39)23(17-22)28(40)20-6-8-21(9-7-20)30(41)37-24-5-3-14-33-18-26(24)38-31(42)25-12-16-34-19-36-25/h6-12,16-17,19,24,26,29,33,35,39H,3-5,13-15,18H2,1-2H3,(H,37,41)(H,38,42)/t24-,26-,29?/m1/s1. The second-order valence-corrected chi connectivity index (χ2v) is 11.8. The molecule has 1 unspecified atom stereocenters. The first-order chi connectivity index (χ1) is 20.2. The lowest BCUT2D eigenvalue weighted by Gasteiger charge is -2.40. The van der Waals surface area contributed by atoms with Crippen LogP contribution < -0.4 is 21.3 Å². The highest BCUT2D eigenvalue weighted by molar-refractivity contribution is 6.11. The Morgan fingerprint density at radius 1 is 0.929 bits per heavy atom. The van der Waals surface area contributed by atoms with E-state index in [9.17, 15) is 19.5 Å². The average Bonchev–Trinajstić information content (AvgIpc) is 3.22. The Bertz CT molecular complexity index is 1430. The van der Waals surface area contributed by atoms with Gasteiger partial charge in [0, 0.05) is 29.9 Å². The van der Waals surface area contributed by atoms with Gasteiger partial charge >= 0.3 is 0 Å². The van der Waals surface area contributed by atoms with E-state index >= 15 is 0 Å². The molecule has 0 bridgehead atoms. The van der Waals surface area contributed by atoms with Crippen molar-refractivity contribution in [2.24, 2.45) is 5.41 Å². The van der Waals surface area contributed by atoms with Crippen LogP contribution in [0, 0.1) is 5.41 Å². The maximum absolute atomic E-state index is 13.4. The van der Waals surface area contributed by atoms with Gasteiger partial charge in [-0.1, -0.05) is 32.0 Å². The van der Waals surface area contributed by atoms with Gasteiger partial charge < -0.3 is 26.4 Å². The Hall–Kier alpha value is -4.15. The molecule has 0 radical (unpaired) electrons. The summed E-state index contributed by atoms with van der Waals surface area (Å²) in [6, 6.07) is 12.7. The first-order valence-corrected chi connectivity index (χ1v) is 14.5. The molecule has 0 saturated carbocycles. The zero-order valence-corrected chi connectivity index (χ0v) is 24.0. The van der Waals surface area contributed by atoms with E-state index < -0.39 is 0 Å². The number of rotatable bonds is 7. The SMILES string of the molecule is CC1(C)CCCNC1c1ccc(O)c(C(=O)c2ccc(C(=O)N[C@@H]3CCCNC[C@H]3NC(=O)c3ccncn3)cc2)c1. The lowest BCUT2D eigenvalue weighted by Crippen LogP contribution is -2.54. The van der Waals surface area contributed by atoms with Crippen molar-refractivity contribution in [3.05, 3.63) is 89.0 Å². The number of carbonyl (C=O) groups excluding carboxylic acids is 3. The van der Waals surface area contributed by atoms with Crippen molar-refractivity contribution in [2.45, 2.75) is 57.7 Å². The number of phenolic OH excluding ortho intramolecular Hbond substituents is 1. The van der Waals surface area contributed by atoms with E-state index in [2.05, 4.69) is 45.1 Å². The second kappa shape index (κ2) is 12.8. The molecular formula is C32H38N6O4. The topological polar surface area (TPSA) is 145 Å². The van der Waals surface area contributed by atoms with E-state index in [0.29, 0.717) is 24.1 Å². The average molecular weight is 571 g/mol. The monoisotopic (exact) mass is 570 g/mol. The summed E-state index contributed by atoms with van der Waals surface area (Å²) in [7, 11) is 0. The maximum atomic E-state index is 13.4. The van der Waals surface area contributed by atoms with Crippen LogP contribution in [-0.4, -0.2) is 64.4 Å². The number of hydrogen-bond acceptors (Lipinski definition) is 8. The molecule has 5 N–H and O–H groups in total. The smallest absolute Gasteiger partial charge is 0.270 e. The Morgan fingerprint density at radius 2 is 1.69 bits per heavy atom. The molecule has 0 spiro atoms. The summed E-state index contributed by atoms with van der Waals surface area (Å²) in [5.74, 6) is -1.01. The molecule has 220 valence electrons. The minimum atomic E-state index is -0.335. The third-order valence-electron chi connectivity index (χ3n) is 8.30. The molecule has 3 aromatic rings. The van der Waals surface area contributed by atoms with Crippen molar-refractivity contribution in [1.82, 2.24) is 31.2 Å². The predicted octanol–water partition coefficient (Wildman–Crippen LogP) is 3.14. The van der Waals surface area contributed by atoms with E-state index in [0.717, 1.165) is 37.9 Å². The summed E-state index contributed by atoms with van der Waals surface area (Å²) >= 11 is 0. The molecule has 2 aromatic carbocycles. The fourth-order valence-corrected chi connectivity index (χ4v) is 5.92. The molecule has 3 heterocycles. The molecule has 2 saturated heterocycles. The lowest BCUT2D eigenvalue weighted by atomic mass is 9.74. The van der Waals surface area contributed by atoms with Crippen LogP contribution in [0.2, 0.25) is 0 Å². The number of nitrogens with one attached hydrogen (secondary N) is 4. The zero-order valence-electron chi connectivity index (χ0n) is 24.0. The first kappa shape index (κ1) is 29.3. The number of phenols is 1. The quantitative estimate of drug-likeness (QED) is 0.273. The molecule has 0 aliphatic carbocycles. The van der Waals surface area contributed by atoms with Crippen molar-refractivity contribution < 1.29 is 19.5 Å². The Labute approximate surface area is 245 Å². The molecule has 1 aromatic heterocycles. The highest BCUT2D eigenvalue weighted by Crippen LogP contribution is 2.41. The fraction of sp³-hybridized carbons (Fsp3) is 0.406. The van der Waals surface area contributed by atoms with E-state index in [1.165, 1.54) is 12.5 Å². The predicted molar refractivity (Wildman–Crippen MR) is 158 cm³/mol. The van der Waals surface area contributed by atoms with Crippen LogP contribution in [0.3, 0.4) is 0 Å². The first-order valence-electron chi connectivity index (χ1n) is 14.5. The minimum Gasteiger partial charge on any atom is -0.507 e. The van der Waals surface area contributed by atoms with Crippen molar-refractivity contribution >= 4 is 17.6 Å². The van der Waals surface area contributed by atoms with Crippen LogP contribution in [0.4, 0.5) is 0 Å². The van der Waals surface area contributed by atoms with E-state index in [4.69, 9.17) is 0 Å². The van der Waals surface area contributed by atoms with Crippen LogP contribution in [-0.2, 0) is 0 Å². The number of benzene rings is 2. The molecule has 10 nitrogen and oxygen atoms in total. The van der Waals surface area contributed by atoms with Crippen molar-refractivity contribution in [2.75, 3.05) is 19.6 Å². The van der Waals surface area contributed by atoms with Gasteiger partial charge in [0.2, 0.25) is 0 Å². The highest BCUT2D eigenvalue weighted by Gasteiger charge is 2.34. The van der Waals surface area contributed by atoms with Crippen molar-refractivity contribution in [3.8, 4) is 5.75 Å². The molecule has 3 atom stereocenters. The van der Waals surface area contributed by atoms with Gasteiger partial charge in [-0.2, -0.15) is 0 Å². The van der Waals surface area contributed by atoms with Gasteiger partial charge in [0.05, 0.1) is 17.6 Å². The van der Waals surface area contributed by atoms with Gasteiger partial charge in [0.1, 0.15) is 17.8 Å². The van der Waals surface area contributed by atoms with Crippen molar-refractivity contribution in [3.63, 3.8) is 0 Å². The van der Waals surface area contributed by atoms with Crippen LogP contribution in [0.5, 0.6) is 5.75 Å². The largest absolute Gasteiger partial charge is 0.507 e. The summed E-state index contributed by atoms with van der Waals surface area (Å²) < 4.78 is 0. The normalized spacial score (nSPS) is 22.0. The fourth-order valence-electron chi connectivity index (χ4n) is 5.92. The number of carbonyl (C=O) groups is 3. The molecule has 5 rings (SSSR count). The Balaban J connectivity index is 1.28. The molecular weight excluding hydrogens is 532 g/mol. The summed E-state index contributed by atoms with van der Waals surface area (Å²) in [6.45, 7) is 6.62. The van der Waals surface area contributed by atoms with Gasteiger partial charge in [0.25, 0.3) is 11.8 Å². The minimum absolute atomic E-state index is 0.0235. The molecule has 2 fully saturated rings. The van der Waals surface area contributed by atoms with Gasteiger partial charge in [-0.15, -0.1) is 0 Å². The van der Waals surface area contributed by atoms with E-state index in [1.54, 1.807) is 42.5 Å². The number of hydrogen-bond donors (Lipinski definition) is 5. The van der Waals surface area contributed by atoms with Gasteiger partial charge in [-0.05, 0) is 80.1 Å². The van der Waals surface area contributed by atoms with E-state index in [1.807, 2.05) is 6.07 Å². The molecule has 10 heteroatoms. The van der Waals surface area contributed by atoms with Crippen LogP contribution in [0.25, 0.3) is 0 Å². The molecule has 2 amide bonds. The van der Waals surface area contributed by atoms with E-state index in [-0.39, 0.29) is 58.1 Å².